The van der Waals surface area contributed by atoms with E-state index in [1.165, 1.54) is 11.1 Å². The third-order valence-electron chi connectivity index (χ3n) is 4.16. The molecule has 1 aliphatic carbocycles. The summed E-state index contributed by atoms with van der Waals surface area (Å²) in [5, 5.41) is 0. The standard InChI is InChI=1S/C16H15N3S/c20-16-18-14-6-3-9-17-15(14)19(16)13-8-7-11-4-1-2-5-12(11)10-13/h1-6,9,13H,7-8,10H2,(H,18,20). The number of hydrogen-bond donors (Lipinski definition) is 1. The highest BCUT2D eigenvalue weighted by Crippen LogP contribution is 2.30. The maximum absolute atomic E-state index is 5.50. The Kier molecular flexibility index (Phi) is 2.70. The zero-order valence-corrected chi connectivity index (χ0v) is 11.9. The normalized spacial score (nSPS) is 18.1. The summed E-state index contributed by atoms with van der Waals surface area (Å²) >= 11 is 5.50. The lowest BCUT2D eigenvalue weighted by Crippen LogP contribution is -2.19. The van der Waals surface area contributed by atoms with Gasteiger partial charge in [-0.15, -0.1) is 0 Å². The number of benzene rings is 1. The number of H-pyrrole nitrogens is 1. The van der Waals surface area contributed by atoms with E-state index in [9.17, 15) is 0 Å². The molecule has 0 amide bonds. The zero-order valence-electron chi connectivity index (χ0n) is 11.0. The predicted octanol–water partition coefficient (Wildman–Crippen LogP) is 3.82. The molecule has 4 rings (SSSR count). The molecule has 1 N–H and O–H groups in total. The van der Waals surface area contributed by atoms with Crippen LogP contribution in [0, 0.1) is 4.77 Å². The monoisotopic (exact) mass is 281 g/mol. The number of aryl methyl sites for hydroxylation is 1. The van der Waals surface area contributed by atoms with Crippen molar-refractivity contribution in [3.63, 3.8) is 0 Å². The van der Waals surface area contributed by atoms with Crippen molar-refractivity contribution in [3.8, 4) is 0 Å². The largest absolute Gasteiger partial charge is 0.329 e. The van der Waals surface area contributed by atoms with Crippen LogP contribution in [0.4, 0.5) is 0 Å². The molecule has 20 heavy (non-hydrogen) atoms. The highest BCUT2D eigenvalue weighted by molar-refractivity contribution is 7.71. The van der Waals surface area contributed by atoms with Gasteiger partial charge in [0.2, 0.25) is 0 Å². The molecule has 100 valence electrons. The van der Waals surface area contributed by atoms with E-state index < -0.39 is 0 Å². The molecule has 0 radical (unpaired) electrons. The van der Waals surface area contributed by atoms with Gasteiger partial charge in [0.05, 0.1) is 5.52 Å². The minimum absolute atomic E-state index is 0.404. The second kappa shape index (κ2) is 4.56. The average Bonchev–Trinajstić information content (AvgIpc) is 2.82. The lowest BCUT2D eigenvalue weighted by molar-refractivity contribution is 0.446. The Bertz CT molecular complexity index is 831. The summed E-state index contributed by atoms with van der Waals surface area (Å²) in [5.41, 5.74) is 4.91. The number of aromatic amines is 1. The summed E-state index contributed by atoms with van der Waals surface area (Å²) in [6, 6.07) is 13.1. The summed E-state index contributed by atoms with van der Waals surface area (Å²) in [4.78, 5) is 7.76. The van der Waals surface area contributed by atoms with Gasteiger partial charge in [-0.1, -0.05) is 24.3 Å². The van der Waals surface area contributed by atoms with Gasteiger partial charge >= 0.3 is 0 Å². The fourth-order valence-corrected chi connectivity index (χ4v) is 3.54. The Morgan fingerprint density at radius 1 is 1.15 bits per heavy atom. The zero-order chi connectivity index (χ0) is 13.5. The van der Waals surface area contributed by atoms with Crippen molar-refractivity contribution < 1.29 is 0 Å². The van der Waals surface area contributed by atoms with Crippen LogP contribution in [0.3, 0.4) is 0 Å². The molecule has 0 saturated carbocycles. The van der Waals surface area contributed by atoms with Crippen LogP contribution in [0.25, 0.3) is 11.2 Å². The molecule has 0 fully saturated rings. The van der Waals surface area contributed by atoms with Crippen molar-refractivity contribution in [3.05, 3.63) is 58.5 Å². The maximum Gasteiger partial charge on any atom is 0.179 e. The van der Waals surface area contributed by atoms with Crippen LogP contribution in [-0.2, 0) is 12.8 Å². The van der Waals surface area contributed by atoms with Gasteiger partial charge in [0, 0.05) is 12.2 Å². The molecule has 0 bridgehead atoms. The van der Waals surface area contributed by atoms with Crippen molar-refractivity contribution in [2.24, 2.45) is 0 Å². The molecule has 2 heterocycles. The first kappa shape index (κ1) is 11.9. The third-order valence-corrected chi connectivity index (χ3v) is 4.46. The summed E-state index contributed by atoms with van der Waals surface area (Å²) in [6.45, 7) is 0. The first-order valence-electron chi connectivity index (χ1n) is 6.95. The molecule has 0 aliphatic heterocycles. The molecule has 1 atom stereocenters. The highest BCUT2D eigenvalue weighted by Gasteiger charge is 2.22. The van der Waals surface area contributed by atoms with Crippen LogP contribution in [0.1, 0.15) is 23.6 Å². The average molecular weight is 281 g/mol. The SMILES string of the molecule is S=c1[nH]c2cccnc2n1C1CCc2ccccc2C1. The van der Waals surface area contributed by atoms with E-state index >= 15 is 0 Å². The first-order chi connectivity index (χ1) is 9.83. The summed E-state index contributed by atoms with van der Waals surface area (Å²) < 4.78 is 2.98. The Hall–Kier alpha value is -1.94. The molecule has 0 saturated heterocycles. The van der Waals surface area contributed by atoms with Gasteiger partial charge in [0.15, 0.2) is 10.4 Å². The minimum Gasteiger partial charge on any atom is -0.329 e. The molecule has 2 aromatic heterocycles. The van der Waals surface area contributed by atoms with Gasteiger partial charge in [0.1, 0.15) is 0 Å². The van der Waals surface area contributed by atoms with Gasteiger partial charge in [-0.2, -0.15) is 0 Å². The second-order valence-corrected chi connectivity index (χ2v) is 5.73. The van der Waals surface area contributed by atoms with E-state index in [1.54, 1.807) is 0 Å². The smallest absolute Gasteiger partial charge is 0.179 e. The lowest BCUT2D eigenvalue weighted by atomic mass is 9.88. The van der Waals surface area contributed by atoms with Crippen molar-refractivity contribution >= 4 is 23.4 Å². The summed E-state index contributed by atoms with van der Waals surface area (Å²) in [6.07, 6.45) is 5.10. The van der Waals surface area contributed by atoms with Crippen LogP contribution >= 0.6 is 12.2 Å². The van der Waals surface area contributed by atoms with E-state index in [4.69, 9.17) is 12.2 Å². The Balaban J connectivity index is 1.82. The minimum atomic E-state index is 0.404. The summed E-state index contributed by atoms with van der Waals surface area (Å²) in [7, 11) is 0. The van der Waals surface area contributed by atoms with Crippen LogP contribution < -0.4 is 0 Å². The topological polar surface area (TPSA) is 33.6 Å². The van der Waals surface area contributed by atoms with Gasteiger partial charge in [-0.25, -0.2) is 4.98 Å². The molecule has 3 aromatic rings. The van der Waals surface area contributed by atoms with Crippen molar-refractivity contribution in [2.75, 3.05) is 0 Å². The molecule has 1 aromatic carbocycles. The number of imidazole rings is 1. The van der Waals surface area contributed by atoms with Crippen molar-refractivity contribution in [2.45, 2.75) is 25.3 Å². The quantitative estimate of drug-likeness (QED) is 0.688. The van der Waals surface area contributed by atoms with Crippen LogP contribution in [0.5, 0.6) is 0 Å². The van der Waals surface area contributed by atoms with E-state index in [0.717, 1.165) is 35.2 Å². The second-order valence-electron chi connectivity index (χ2n) is 5.34. The molecule has 0 spiro atoms. The number of aromatic nitrogens is 3. The predicted molar refractivity (Wildman–Crippen MR) is 82.4 cm³/mol. The molecular formula is C16H15N3S. The number of fused-ring (bicyclic) bond motifs is 2. The molecule has 1 aliphatic rings. The van der Waals surface area contributed by atoms with E-state index in [1.807, 2.05) is 18.3 Å². The number of nitrogens with one attached hydrogen (secondary N) is 1. The number of rotatable bonds is 1. The summed E-state index contributed by atoms with van der Waals surface area (Å²) in [5.74, 6) is 0. The van der Waals surface area contributed by atoms with Crippen molar-refractivity contribution in [1.29, 1.82) is 0 Å². The molecule has 1 unspecified atom stereocenters. The lowest BCUT2D eigenvalue weighted by Gasteiger charge is -2.25. The number of pyridine rings is 1. The van der Waals surface area contributed by atoms with E-state index in [-0.39, 0.29) is 0 Å². The van der Waals surface area contributed by atoms with Gasteiger partial charge < -0.3 is 4.98 Å². The molecule has 3 nitrogen and oxygen atoms in total. The Labute approximate surface area is 122 Å². The fourth-order valence-electron chi connectivity index (χ4n) is 3.20. The van der Waals surface area contributed by atoms with Gasteiger partial charge in [-0.3, -0.25) is 4.57 Å². The Morgan fingerprint density at radius 3 is 2.90 bits per heavy atom. The van der Waals surface area contributed by atoms with E-state index in [2.05, 4.69) is 38.8 Å². The van der Waals surface area contributed by atoms with Crippen LogP contribution in [0.2, 0.25) is 0 Å². The highest BCUT2D eigenvalue weighted by atomic mass is 32.1. The Morgan fingerprint density at radius 2 is 2.00 bits per heavy atom. The number of hydrogen-bond acceptors (Lipinski definition) is 2. The van der Waals surface area contributed by atoms with Gasteiger partial charge in [0.25, 0.3) is 0 Å². The van der Waals surface area contributed by atoms with Crippen LogP contribution in [0.15, 0.2) is 42.6 Å². The van der Waals surface area contributed by atoms with Crippen molar-refractivity contribution in [1.82, 2.24) is 14.5 Å². The maximum atomic E-state index is 5.50. The molecule has 4 heteroatoms. The first-order valence-corrected chi connectivity index (χ1v) is 7.36. The van der Waals surface area contributed by atoms with E-state index in [0.29, 0.717) is 6.04 Å². The van der Waals surface area contributed by atoms with Gasteiger partial charge in [-0.05, 0) is 54.7 Å². The molecular weight excluding hydrogens is 266 g/mol. The fraction of sp³-hybridized carbons (Fsp3) is 0.250. The van der Waals surface area contributed by atoms with Crippen LogP contribution in [-0.4, -0.2) is 14.5 Å². The third kappa shape index (κ3) is 1.79. The number of nitrogens with zero attached hydrogens (tertiary/aromatic N) is 2.